The zero-order chi connectivity index (χ0) is 8.43. The van der Waals surface area contributed by atoms with Gasteiger partial charge in [-0.05, 0) is 30.7 Å². The monoisotopic (exact) mass is 213 g/mol. The van der Waals surface area contributed by atoms with Gasteiger partial charge >= 0.3 is 0 Å². The molecule has 0 aliphatic carbocycles. The quantitative estimate of drug-likeness (QED) is 0.714. The van der Waals surface area contributed by atoms with Crippen molar-refractivity contribution in [3.8, 4) is 0 Å². The lowest BCUT2D eigenvalue weighted by Crippen LogP contribution is -2.06. The number of hydrogen-bond donors (Lipinski definition) is 1. The van der Waals surface area contributed by atoms with Crippen molar-refractivity contribution in [2.45, 2.75) is 6.92 Å². The topological polar surface area (TPSA) is 43.1 Å². The van der Waals surface area contributed by atoms with Crippen LogP contribution in [-0.4, -0.2) is 0 Å². The fourth-order valence-corrected chi connectivity index (χ4v) is 1.27. The first-order valence-corrected chi connectivity index (χ1v) is 3.96. The Bertz CT molecular complexity index is 335. The summed E-state index contributed by atoms with van der Waals surface area (Å²) >= 11 is 3.27. The first-order valence-electron chi connectivity index (χ1n) is 3.17. The summed E-state index contributed by atoms with van der Waals surface area (Å²) in [5.41, 5.74) is 6.27. The van der Waals surface area contributed by atoms with Gasteiger partial charge in [-0.2, -0.15) is 0 Å². The van der Waals surface area contributed by atoms with Gasteiger partial charge < -0.3 is 5.73 Å². The van der Waals surface area contributed by atoms with Crippen molar-refractivity contribution in [2.24, 2.45) is 0 Å². The number of nitrogens with two attached hydrogens (primary N) is 1. The van der Waals surface area contributed by atoms with Crippen molar-refractivity contribution >= 4 is 21.6 Å². The number of rotatable bonds is 0. The summed E-state index contributed by atoms with van der Waals surface area (Å²) in [6.07, 6.45) is 0. The average Bonchev–Trinajstić information content (AvgIpc) is 2.05. The third-order valence-corrected chi connectivity index (χ3v) is 1.89. The molecule has 11 heavy (non-hydrogen) atoms. The van der Waals surface area contributed by atoms with Crippen LogP contribution in [0.2, 0.25) is 0 Å². The molecule has 1 aromatic rings. The molecule has 0 aliphatic rings. The lowest BCUT2D eigenvalue weighted by molar-refractivity contribution is 1.43. The standard InChI is InChI=1S/C8H8BrNO/c1-5-4-6(9)2-3-7(10)8(5)11/h2-4H,1H3,(H2,10,11). The maximum absolute atomic E-state index is 11.2. The summed E-state index contributed by atoms with van der Waals surface area (Å²) in [5.74, 6) is 0. The van der Waals surface area contributed by atoms with Gasteiger partial charge in [-0.3, -0.25) is 4.79 Å². The molecule has 0 saturated heterocycles. The molecule has 0 spiro atoms. The molecule has 2 nitrogen and oxygen atoms in total. The van der Waals surface area contributed by atoms with E-state index in [4.69, 9.17) is 5.73 Å². The summed E-state index contributed by atoms with van der Waals surface area (Å²) < 4.78 is 0.865. The molecule has 0 bridgehead atoms. The van der Waals surface area contributed by atoms with Crippen molar-refractivity contribution < 1.29 is 0 Å². The van der Waals surface area contributed by atoms with E-state index in [0.29, 0.717) is 5.56 Å². The van der Waals surface area contributed by atoms with Crippen LogP contribution in [0.15, 0.2) is 27.5 Å². The highest BCUT2D eigenvalue weighted by atomic mass is 79.9. The Balaban J connectivity index is 3.57. The van der Waals surface area contributed by atoms with E-state index in [-0.39, 0.29) is 11.1 Å². The van der Waals surface area contributed by atoms with Crippen LogP contribution < -0.4 is 11.2 Å². The van der Waals surface area contributed by atoms with Gasteiger partial charge in [-0.1, -0.05) is 15.9 Å². The van der Waals surface area contributed by atoms with Crippen molar-refractivity contribution in [3.63, 3.8) is 0 Å². The molecule has 0 saturated carbocycles. The highest BCUT2D eigenvalue weighted by Gasteiger charge is 1.95. The molecule has 58 valence electrons. The molecule has 0 atom stereocenters. The van der Waals surface area contributed by atoms with Gasteiger partial charge in [-0.15, -0.1) is 0 Å². The Morgan fingerprint density at radius 3 is 2.73 bits per heavy atom. The Labute approximate surface area is 73.2 Å². The molecule has 1 rings (SSSR count). The van der Waals surface area contributed by atoms with E-state index in [1.165, 1.54) is 0 Å². The third kappa shape index (κ3) is 1.80. The van der Waals surface area contributed by atoms with Gasteiger partial charge in [0.25, 0.3) is 0 Å². The van der Waals surface area contributed by atoms with E-state index in [2.05, 4.69) is 15.9 Å². The minimum absolute atomic E-state index is 0.101. The molecular weight excluding hydrogens is 206 g/mol. The largest absolute Gasteiger partial charge is 0.396 e. The molecular formula is C8H8BrNO. The predicted molar refractivity (Wildman–Crippen MR) is 49.6 cm³/mol. The van der Waals surface area contributed by atoms with Crippen LogP contribution >= 0.6 is 15.9 Å². The second-order valence-corrected chi connectivity index (χ2v) is 3.25. The van der Waals surface area contributed by atoms with E-state index >= 15 is 0 Å². The molecule has 0 heterocycles. The van der Waals surface area contributed by atoms with Crippen LogP contribution in [0.25, 0.3) is 0 Å². The molecule has 2 N–H and O–H groups in total. The third-order valence-electron chi connectivity index (χ3n) is 1.40. The van der Waals surface area contributed by atoms with E-state index in [1.807, 2.05) is 0 Å². The summed E-state index contributed by atoms with van der Waals surface area (Å²) in [6.45, 7) is 1.74. The van der Waals surface area contributed by atoms with E-state index in [0.717, 1.165) is 4.47 Å². The van der Waals surface area contributed by atoms with Gasteiger partial charge in [0.15, 0.2) is 0 Å². The molecule has 0 amide bonds. The van der Waals surface area contributed by atoms with Gasteiger partial charge in [-0.25, -0.2) is 0 Å². The van der Waals surface area contributed by atoms with Gasteiger partial charge in [0.2, 0.25) is 5.43 Å². The van der Waals surface area contributed by atoms with Crippen LogP contribution in [0.4, 0.5) is 5.69 Å². The van der Waals surface area contributed by atoms with E-state index in [9.17, 15) is 4.79 Å². The fraction of sp³-hybridized carbons (Fsp3) is 0.125. The minimum Gasteiger partial charge on any atom is -0.396 e. The SMILES string of the molecule is Cc1cc(Br)ccc(N)c1=O. The maximum atomic E-state index is 11.2. The van der Waals surface area contributed by atoms with Crippen molar-refractivity contribution in [2.75, 3.05) is 5.73 Å². The molecule has 0 aliphatic heterocycles. The minimum atomic E-state index is -0.101. The van der Waals surface area contributed by atoms with Crippen LogP contribution in [0.3, 0.4) is 0 Å². The van der Waals surface area contributed by atoms with Crippen LogP contribution in [0, 0.1) is 6.92 Å². The Morgan fingerprint density at radius 2 is 2.09 bits per heavy atom. The smallest absolute Gasteiger partial charge is 0.204 e. The van der Waals surface area contributed by atoms with Crippen molar-refractivity contribution in [3.05, 3.63) is 38.5 Å². The lowest BCUT2D eigenvalue weighted by Gasteiger charge is -1.82. The average molecular weight is 214 g/mol. The molecule has 0 aromatic heterocycles. The summed E-state index contributed by atoms with van der Waals surface area (Å²) in [5, 5.41) is 0. The number of nitrogen functional groups attached to an aromatic ring is 1. The number of anilines is 1. The van der Waals surface area contributed by atoms with Gasteiger partial charge in [0.1, 0.15) is 0 Å². The molecule has 0 radical (unpaired) electrons. The number of hydrogen-bond acceptors (Lipinski definition) is 2. The zero-order valence-electron chi connectivity index (χ0n) is 6.10. The highest BCUT2D eigenvalue weighted by Crippen LogP contribution is 2.08. The molecule has 0 unspecified atom stereocenters. The summed E-state index contributed by atoms with van der Waals surface area (Å²) in [4.78, 5) is 11.2. The predicted octanol–water partition coefficient (Wildman–Crippen LogP) is 1.70. The molecule has 1 aromatic carbocycles. The molecule has 3 heteroatoms. The van der Waals surface area contributed by atoms with Crippen LogP contribution in [0.1, 0.15) is 5.56 Å². The van der Waals surface area contributed by atoms with Crippen molar-refractivity contribution in [1.82, 2.24) is 0 Å². The van der Waals surface area contributed by atoms with Crippen molar-refractivity contribution in [1.29, 1.82) is 0 Å². The first-order chi connectivity index (χ1) is 5.11. The van der Waals surface area contributed by atoms with E-state index < -0.39 is 0 Å². The van der Waals surface area contributed by atoms with Gasteiger partial charge in [0, 0.05) is 4.47 Å². The maximum Gasteiger partial charge on any atom is 0.204 e. The van der Waals surface area contributed by atoms with Crippen LogP contribution in [0.5, 0.6) is 0 Å². The van der Waals surface area contributed by atoms with Gasteiger partial charge in [0.05, 0.1) is 5.69 Å². The lowest BCUT2D eigenvalue weighted by atomic mass is 10.3. The second kappa shape index (κ2) is 3.05. The zero-order valence-corrected chi connectivity index (χ0v) is 7.68. The second-order valence-electron chi connectivity index (χ2n) is 2.33. The summed E-state index contributed by atoms with van der Waals surface area (Å²) in [7, 11) is 0. The number of halogens is 1. The normalized spacial score (nSPS) is 9.64. The molecule has 0 fully saturated rings. The Hall–Kier alpha value is -0.830. The Morgan fingerprint density at radius 1 is 1.45 bits per heavy atom. The van der Waals surface area contributed by atoms with Crippen LogP contribution in [-0.2, 0) is 0 Å². The highest BCUT2D eigenvalue weighted by molar-refractivity contribution is 9.10. The first kappa shape index (κ1) is 8.27. The Kier molecular flexibility index (Phi) is 2.29. The number of aryl methyl sites for hydroxylation is 1. The van der Waals surface area contributed by atoms with E-state index in [1.54, 1.807) is 25.1 Å². The fourth-order valence-electron chi connectivity index (χ4n) is 0.793. The summed E-state index contributed by atoms with van der Waals surface area (Å²) in [6, 6.07) is 5.10.